The number of nitrogens with one attached hydrogen (secondary N) is 1. The number of carbonyl (C=O) groups excluding carboxylic acids is 2. The zero-order valence-electron chi connectivity index (χ0n) is 35.0. The molecule has 0 heterocycles. The minimum Gasteiger partial charge on any atom is -0.462 e. The molecule has 2 unspecified atom stereocenters. The molecule has 0 aromatic rings. The highest BCUT2D eigenvalue weighted by atomic mass is 31.2. The highest BCUT2D eigenvalue weighted by molar-refractivity contribution is 7.47. The van der Waals surface area contributed by atoms with Crippen LogP contribution in [0.15, 0.2) is 97.2 Å². The Morgan fingerprint density at radius 1 is 0.571 bits per heavy atom. The van der Waals surface area contributed by atoms with Crippen molar-refractivity contribution in [2.45, 2.75) is 148 Å². The van der Waals surface area contributed by atoms with E-state index in [-0.39, 0.29) is 26.1 Å². The molecule has 56 heavy (non-hydrogen) atoms. The Balaban J connectivity index is 4.40. The molecule has 0 saturated heterocycles. The molecule has 318 valence electrons. The van der Waals surface area contributed by atoms with E-state index in [1.807, 2.05) is 0 Å². The van der Waals surface area contributed by atoms with Gasteiger partial charge >= 0.3 is 19.8 Å². The first kappa shape index (κ1) is 52.9. The van der Waals surface area contributed by atoms with Gasteiger partial charge in [0, 0.05) is 19.4 Å². The van der Waals surface area contributed by atoms with Gasteiger partial charge in [0.05, 0.1) is 13.2 Å². The van der Waals surface area contributed by atoms with Crippen molar-refractivity contribution in [2.24, 2.45) is 0 Å². The molecule has 0 spiro atoms. The standard InChI is InChI=1S/C46H76NO8P/c1-4-6-8-10-12-14-16-18-20-21-22-23-25-27-29-31-33-35-37-39-46(49)55-44(43-54-56(50,51)53-41-40-47-3)42-52-45(48)38-36-34-32-30-28-26-24-19-17-15-13-11-9-7-5-2/h7,9,12-15,18-20,22-24,27-30,44,47H,4-6,8,10-11,16-17,21,25-26,31-43H2,1-3H3,(H,50,51)/b9-7-,14-12-,15-13-,20-18-,23-22-,24-19-,29-27-,30-28-. The Labute approximate surface area is 340 Å². The fraction of sp³-hybridized carbons (Fsp3) is 0.609. The van der Waals surface area contributed by atoms with Crippen LogP contribution >= 0.6 is 7.82 Å². The van der Waals surface area contributed by atoms with Crippen LogP contribution in [-0.2, 0) is 32.7 Å². The van der Waals surface area contributed by atoms with Crippen molar-refractivity contribution in [1.29, 1.82) is 0 Å². The summed E-state index contributed by atoms with van der Waals surface area (Å²) >= 11 is 0. The molecular weight excluding hydrogens is 725 g/mol. The molecule has 0 rings (SSSR count). The maximum Gasteiger partial charge on any atom is 0.472 e. The molecule has 0 aromatic heterocycles. The largest absolute Gasteiger partial charge is 0.472 e. The average Bonchev–Trinajstić information content (AvgIpc) is 3.18. The lowest BCUT2D eigenvalue weighted by atomic mass is 10.1. The normalized spacial score (nSPS) is 14.3. The SMILES string of the molecule is CC/C=C\C/C=C\C/C=C\C/C=C\CCCCC(=O)OCC(COP(=O)(O)OCCNC)OC(=O)CCCCC/C=C\C/C=C\C/C=C\C/C=C\CCCCC. The number of hydrogen-bond acceptors (Lipinski definition) is 8. The molecule has 0 aliphatic carbocycles. The number of carbonyl (C=O) groups is 2. The second kappa shape index (κ2) is 41.6. The summed E-state index contributed by atoms with van der Waals surface area (Å²) in [5.41, 5.74) is 0. The number of esters is 2. The monoisotopic (exact) mass is 802 g/mol. The van der Waals surface area contributed by atoms with Crippen molar-refractivity contribution < 1.29 is 37.6 Å². The van der Waals surface area contributed by atoms with Crippen molar-refractivity contribution in [3.63, 3.8) is 0 Å². The minimum atomic E-state index is -4.37. The first-order valence-electron chi connectivity index (χ1n) is 21.2. The van der Waals surface area contributed by atoms with Crippen LogP contribution < -0.4 is 5.32 Å². The van der Waals surface area contributed by atoms with Crippen LogP contribution in [0.5, 0.6) is 0 Å². The number of phosphoric acid groups is 1. The third-order valence-electron chi connectivity index (χ3n) is 8.19. The lowest BCUT2D eigenvalue weighted by Gasteiger charge is -2.20. The average molecular weight is 802 g/mol. The van der Waals surface area contributed by atoms with Crippen LogP contribution in [0, 0.1) is 0 Å². The minimum absolute atomic E-state index is 0.0360. The fourth-order valence-corrected chi connectivity index (χ4v) is 5.75. The Morgan fingerprint density at radius 2 is 1.02 bits per heavy atom. The Kier molecular flexibility index (Phi) is 39.3. The van der Waals surface area contributed by atoms with Gasteiger partial charge in [0.15, 0.2) is 6.10 Å². The molecule has 0 saturated carbocycles. The highest BCUT2D eigenvalue weighted by Gasteiger charge is 2.26. The van der Waals surface area contributed by atoms with E-state index < -0.39 is 32.5 Å². The number of rotatable bonds is 38. The van der Waals surface area contributed by atoms with E-state index in [9.17, 15) is 19.0 Å². The number of phosphoric ester groups is 1. The summed E-state index contributed by atoms with van der Waals surface area (Å²) in [7, 11) is -2.69. The first-order chi connectivity index (χ1) is 27.3. The molecule has 0 radical (unpaired) electrons. The van der Waals surface area contributed by atoms with Crippen molar-refractivity contribution in [1.82, 2.24) is 5.32 Å². The highest BCUT2D eigenvalue weighted by Crippen LogP contribution is 2.43. The number of unbranched alkanes of at least 4 members (excludes halogenated alkanes) is 8. The second-order valence-corrected chi connectivity index (χ2v) is 14.9. The van der Waals surface area contributed by atoms with Gasteiger partial charge < -0.3 is 19.7 Å². The van der Waals surface area contributed by atoms with Crippen LogP contribution in [0.1, 0.15) is 142 Å². The second-order valence-electron chi connectivity index (χ2n) is 13.4. The van der Waals surface area contributed by atoms with Crippen LogP contribution in [0.25, 0.3) is 0 Å². The predicted molar refractivity (Wildman–Crippen MR) is 233 cm³/mol. The number of allylic oxidation sites excluding steroid dienone is 16. The first-order valence-corrected chi connectivity index (χ1v) is 22.7. The quantitative estimate of drug-likeness (QED) is 0.0272. The van der Waals surface area contributed by atoms with E-state index in [1.54, 1.807) is 7.05 Å². The summed E-state index contributed by atoms with van der Waals surface area (Å²) < 4.78 is 33.1. The third kappa shape index (κ3) is 40.6. The van der Waals surface area contributed by atoms with Gasteiger partial charge in [-0.3, -0.25) is 18.6 Å². The van der Waals surface area contributed by atoms with E-state index in [1.165, 1.54) is 25.7 Å². The fourth-order valence-electron chi connectivity index (χ4n) is 5.00. The molecule has 0 aliphatic heterocycles. The molecule has 0 aromatic carbocycles. The molecule has 0 amide bonds. The number of likely N-dealkylation sites (N-methyl/N-ethyl adjacent to an activating group) is 1. The van der Waals surface area contributed by atoms with Crippen LogP contribution in [0.2, 0.25) is 0 Å². The summed E-state index contributed by atoms with van der Waals surface area (Å²) in [4.78, 5) is 35.0. The third-order valence-corrected chi connectivity index (χ3v) is 9.17. The Hall–Kier alpha value is -3.07. The summed E-state index contributed by atoms with van der Waals surface area (Å²) in [6.07, 6.45) is 51.7. The van der Waals surface area contributed by atoms with Crippen molar-refractivity contribution >= 4 is 19.8 Å². The van der Waals surface area contributed by atoms with Gasteiger partial charge in [-0.15, -0.1) is 0 Å². The Morgan fingerprint density at radius 3 is 1.52 bits per heavy atom. The molecule has 0 fully saturated rings. The molecule has 10 heteroatoms. The summed E-state index contributed by atoms with van der Waals surface area (Å²) in [5.74, 6) is -0.903. The summed E-state index contributed by atoms with van der Waals surface area (Å²) in [5, 5.41) is 2.81. The van der Waals surface area contributed by atoms with E-state index in [0.717, 1.165) is 77.0 Å². The van der Waals surface area contributed by atoms with Gasteiger partial charge in [-0.1, -0.05) is 130 Å². The molecule has 2 N–H and O–H groups in total. The van der Waals surface area contributed by atoms with Crippen molar-refractivity contribution in [2.75, 3.05) is 33.4 Å². The van der Waals surface area contributed by atoms with E-state index in [4.69, 9.17) is 18.5 Å². The molecule has 9 nitrogen and oxygen atoms in total. The summed E-state index contributed by atoms with van der Waals surface area (Å²) in [6.45, 7) is 3.96. The zero-order chi connectivity index (χ0) is 41.1. The van der Waals surface area contributed by atoms with E-state index >= 15 is 0 Å². The van der Waals surface area contributed by atoms with E-state index in [0.29, 0.717) is 19.4 Å². The molecule has 0 aliphatic rings. The van der Waals surface area contributed by atoms with Crippen LogP contribution in [0.4, 0.5) is 0 Å². The number of ether oxygens (including phenoxy) is 2. The molecule has 0 bridgehead atoms. The van der Waals surface area contributed by atoms with Gasteiger partial charge in [0.1, 0.15) is 6.61 Å². The topological polar surface area (TPSA) is 120 Å². The van der Waals surface area contributed by atoms with Gasteiger partial charge in [0.2, 0.25) is 0 Å². The Bertz CT molecular complexity index is 1230. The molecular formula is C46H76NO8P. The van der Waals surface area contributed by atoms with E-state index in [2.05, 4.69) is 116 Å². The van der Waals surface area contributed by atoms with Gasteiger partial charge in [0.25, 0.3) is 0 Å². The van der Waals surface area contributed by atoms with Crippen LogP contribution in [-0.4, -0.2) is 56.3 Å². The van der Waals surface area contributed by atoms with Gasteiger partial charge in [-0.05, 0) is 103 Å². The zero-order valence-corrected chi connectivity index (χ0v) is 35.9. The maximum absolute atomic E-state index is 12.6. The van der Waals surface area contributed by atoms with Crippen molar-refractivity contribution in [3.05, 3.63) is 97.2 Å². The smallest absolute Gasteiger partial charge is 0.462 e. The maximum atomic E-state index is 12.6. The van der Waals surface area contributed by atoms with Gasteiger partial charge in [-0.2, -0.15) is 0 Å². The molecule has 2 atom stereocenters. The number of hydrogen-bond donors (Lipinski definition) is 2. The van der Waals surface area contributed by atoms with Crippen LogP contribution in [0.3, 0.4) is 0 Å². The lowest BCUT2D eigenvalue weighted by Crippen LogP contribution is -2.29. The predicted octanol–water partition coefficient (Wildman–Crippen LogP) is 12.1. The van der Waals surface area contributed by atoms with Crippen molar-refractivity contribution in [3.8, 4) is 0 Å². The van der Waals surface area contributed by atoms with Gasteiger partial charge in [-0.25, -0.2) is 4.57 Å². The summed E-state index contributed by atoms with van der Waals surface area (Å²) in [6, 6.07) is 0. The lowest BCUT2D eigenvalue weighted by molar-refractivity contribution is -0.161.